The molecule has 5 nitrogen and oxygen atoms in total. The molecule has 17 heavy (non-hydrogen) atoms. The number of carbonyl (C=O) groups is 2. The third kappa shape index (κ3) is 3.79. The summed E-state index contributed by atoms with van der Waals surface area (Å²) in [5.74, 6) is -0.817. The average Bonchev–Trinajstić information content (AvgIpc) is 2.28. The molecule has 1 amide bonds. The van der Waals surface area contributed by atoms with Crippen LogP contribution in [0.15, 0.2) is 24.3 Å². The van der Waals surface area contributed by atoms with E-state index in [1.165, 1.54) is 14.0 Å². The standard InChI is InChI=1S/C12H15NO4/c1-8(14)13-10(12(15)16)7-9-5-3-4-6-11(9)17-2/h3-6,10H,7H2,1-2H3,(H,13,14)(H,15,16)/t10-/m1/s1. The van der Waals surface area contributed by atoms with E-state index in [0.29, 0.717) is 5.75 Å². The summed E-state index contributed by atoms with van der Waals surface area (Å²) >= 11 is 0. The largest absolute Gasteiger partial charge is 0.496 e. The number of aliphatic carboxylic acids is 1. The van der Waals surface area contributed by atoms with E-state index in [1.54, 1.807) is 24.3 Å². The van der Waals surface area contributed by atoms with Crippen molar-refractivity contribution in [3.05, 3.63) is 29.8 Å². The maximum Gasteiger partial charge on any atom is 0.326 e. The molecule has 2 N–H and O–H groups in total. The molecule has 0 saturated heterocycles. The summed E-state index contributed by atoms with van der Waals surface area (Å²) in [6.45, 7) is 1.29. The minimum atomic E-state index is -1.06. The Labute approximate surface area is 99.4 Å². The smallest absolute Gasteiger partial charge is 0.326 e. The Morgan fingerprint density at radius 1 is 1.41 bits per heavy atom. The van der Waals surface area contributed by atoms with Gasteiger partial charge in [0.1, 0.15) is 11.8 Å². The van der Waals surface area contributed by atoms with Crippen LogP contribution in [0, 0.1) is 0 Å². The summed E-state index contributed by atoms with van der Waals surface area (Å²) < 4.78 is 5.13. The van der Waals surface area contributed by atoms with E-state index in [2.05, 4.69) is 5.32 Å². The normalized spacial score (nSPS) is 11.6. The third-order valence-electron chi connectivity index (χ3n) is 2.29. The third-order valence-corrected chi connectivity index (χ3v) is 2.29. The molecule has 0 fully saturated rings. The van der Waals surface area contributed by atoms with E-state index in [0.717, 1.165) is 5.56 Å². The van der Waals surface area contributed by atoms with Gasteiger partial charge < -0.3 is 15.2 Å². The molecule has 0 heterocycles. The number of hydrogen-bond acceptors (Lipinski definition) is 3. The van der Waals surface area contributed by atoms with Crippen LogP contribution in [-0.4, -0.2) is 30.1 Å². The van der Waals surface area contributed by atoms with Crippen LogP contribution in [0.3, 0.4) is 0 Å². The number of carbonyl (C=O) groups excluding carboxylic acids is 1. The average molecular weight is 237 g/mol. The van der Waals surface area contributed by atoms with Gasteiger partial charge in [0.25, 0.3) is 0 Å². The first-order valence-corrected chi connectivity index (χ1v) is 5.16. The molecular weight excluding hydrogens is 222 g/mol. The van der Waals surface area contributed by atoms with Gasteiger partial charge in [-0.3, -0.25) is 4.79 Å². The molecule has 0 saturated carbocycles. The van der Waals surface area contributed by atoms with Gasteiger partial charge in [0.05, 0.1) is 7.11 Å². The molecule has 1 atom stereocenters. The van der Waals surface area contributed by atoms with Gasteiger partial charge in [0, 0.05) is 13.3 Å². The topological polar surface area (TPSA) is 75.6 Å². The number of methoxy groups -OCH3 is 1. The van der Waals surface area contributed by atoms with Crippen molar-refractivity contribution in [3.8, 4) is 5.75 Å². The highest BCUT2D eigenvalue weighted by molar-refractivity contribution is 5.82. The van der Waals surface area contributed by atoms with Gasteiger partial charge in [0.2, 0.25) is 5.91 Å². The van der Waals surface area contributed by atoms with Gasteiger partial charge in [-0.2, -0.15) is 0 Å². The molecule has 0 unspecified atom stereocenters. The van der Waals surface area contributed by atoms with Crippen molar-refractivity contribution in [2.45, 2.75) is 19.4 Å². The Bertz CT molecular complexity index is 417. The summed E-state index contributed by atoms with van der Waals surface area (Å²) in [6, 6.07) is 6.18. The number of benzene rings is 1. The van der Waals surface area contributed by atoms with E-state index in [1.807, 2.05) is 0 Å². The Hall–Kier alpha value is -2.04. The van der Waals surface area contributed by atoms with E-state index in [4.69, 9.17) is 9.84 Å². The molecule has 5 heteroatoms. The van der Waals surface area contributed by atoms with Crippen molar-refractivity contribution in [1.82, 2.24) is 5.32 Å². The van der Waals surface area contributed by atoms with Crippen molar-refractivity contribution in [2.75, 3.05) is 7.11 Å². The fourth-order valence-electron chi connectivity index (χ4n) is 1.54. The molecule has 0 spiro atoms. The van der Waals surface area contributed by atoms with Gasteiger partial charge in [-0.05, 0) is 11.6 Å². The molecule has 0 aromatic heterocycles. The van der Waals surface area contributed by atoms with Gasteiger partial charge >= 0.3 is 5.97 Å². The van der Waals surface area contributed by atoms with Crippen LogP contribution in [0.25, 0.3) is 0 Å². The highest BCUT2D eigenvalue weighted by Gasteiger charge is 2.20. The molecule has 0 radical (unpaired) electrons. The van der Waals surface area contributed by atoms with Crippen molar-refractivity contribution >= 4 is 11.9 Å². The molecule has 92 valence electrons. The number of rotatable bonds is 5. The van der Waals surface area contributed by atoms with Crippen LogP contribution in [0.1, 0.15) is 12.5 Å². The van der Waals surface area contributed by atoms with Crippen molar-refractivity contribution in [1.29, 1.82) is 0 Å². The van der Waals surface area contributed by atoms with Crippen LogP contribution in [-0.2, 0) is 16.0 Å². The Morgan fingerprint density at radius 2 is 2.06 bits per heavy atom. The van der Waals surface area contributed by atoms with Crippen molar-refractivity contribution in [3.63, 3.8) is 0 Å². The molecule has 0 aliphatic heterocycles. The fraction of sp³-hybridized carbons (Fsp3) is 0.333. The SMILES string of the molecule is COc1ccccc1C[C@@H](NC(C)=O)C(=O)O. The number of nitrogens with one attached hydrogen (secondary N) is 1. The predicted molar refractivity (Wildman–Crippen MR) is 61.9 cm³/mol. The Kier molecular flexibility index (Phi) is 4.51. The molecule has 0 aliphatic carbocycles. The van der Waals surface area contributed by atoms with Crippen LogP contribution in [0.5, 0.6) is 5.75 Å². The predicted octanol–water partition coefficient (Wildman–Crippen LogP) is 0.827. The van der Waals surface area contributed by atoms with Gasteiger partial charge in [-0.25, -0.2) is 4.79 Å². The fourth-order valence-corrected chi connectivity index (χ4v) is 1.54. The lowest BCUT2D eigenvalue weighted by Crippen LogP contribution is -2.41. The number of para-hydroxylation sites is 1. The van der Waals surface area contributed by atoms with Gasteiger partial charge in [-0.1, -0.05) is 18.2 Å². The molecular formula is C12H15NO4. The van der Waals surface area contributed by atoms with Gasteiger partial charge in [0.15, 0.2) is 0 Å². The lowest BCUT2D eigenvalue weighted by molar-refractivity contribution is -0.141. The lowest BCUT2D eigenvalue weighted by Gasteiger charge is -2.15. The molecule has 1 aromatic carbocycles. The monoisotopic (exact) mass is 237 g/mol. The summed E-state index contributed by atoms with van der Waals surface area (Å²) in [6.07, 6.45) is 0.193. The van der Waals surface area contributed by atoms with Crippen LogP contribution >= 0.6 is 0 Å². The number of amides is 1. The first kappa shape index (κ1) is 13.0. The first-order valence-electron chi connectivity index (χ1n) is 5.16. The van der Waals surface area contributed by atoms with Crippen LogP contribution < -0.4 is 10.1 Å². The number of carboxylic acid groups (broad SMARTS) is 1. The zero-order valence-electron chi connectivity index (χ0n) is 9.77. The zero-order valence-corrected chi connectivity index (χ0v) is 9.77. The molecule has 1 aromatic rings. The first-order chi connectivity index (χ1) is 8.04. The Balaban J connectivity index is 2.85. The minimum Gasteiger partial charge on any atom is -0.496 e. The summed E-state index contributed by atoms with van der Waals surface area (Å²) in [5.41, 5.74) is 0.746. The molecule has 1 rings (SSSR count). The highest BCUT2D eigenvalue weighted by Crippen LogP contribution is 2.18. The quantitative estimate of drug-likeness (QED) is 0.795. The van der Waals surface area contributed by atoms with Crippen molar-refractivity contribution in [2.24, 2.45) is 0 Å². The second kappa shape index (κ2) is 5.89. The number of carboxylic acids is 1. The van der Waals surface area contributed by atoms with E-state index < -0.39 is 12.0 Å². The summed E-state index contributed by atoms with van der Waals surface area (Å²) in [5, 5.41) is 11.4. The lowest BCUT2D eigenvalue weighted by atomic mass is 10.0. The second-order valence-corrected chi connectivity index (χ2v) is 3.61. The number of hydrogen-bond donors (Lipinski definition) is 2. The van der Waals surface area contributed by atoms with Crippen LogP contribution in [0.2, 0.25) is 0 Å². The van der Waals surface area contributed by atoms with Crippen LogP contribution in [0.4, 0.5) is 0 Å². The summed E-state index contributed by atoms with van der Waals surface area (Å²) in [7, 11) is 1.52. The molecule has 0 bridgehead atoms. The van der Waals surface area contributed by atoms with Gasteiger partial charge in [-0.15, -0.1) is 0 Å². The Morgan fingerprint density at radius 3 is 2.59 bits per heavy atom. The zero-order chi connectivity index (χ0) is 12.8. The van der Waals surface area contributed by atoms with Crippen molar-refractivity contribution < 1.29 is 19.4 Å². The minimum absolute atomic E-state index is 0.193. The van der Waals surface area contributed by atoms with E-state index >= 15 is 0 Å². The van der Waals surface area contributed by atoms with E-state index in [-0.39, 0.29) is 12.3 Å². The molecule has 0 aliphatic rings. The highest BCUT2D eigenvalue weighted by atomic mass is 16.5. The second-order valence-electron chi connectivity index (χ2n) is 3.61. The number of ether oxygens (including phenoxy) is 1. The van der Waals surface area contributed by atoms with E-state index in [9.17, 15) is 9.59 Å². The summed E-state index contributed by atoms with van der Waals surface area (Å²) in [4.78, 5) is 21.9. The maximum atomic E-state index is 11.0. The maximum absolute atomic E-state index is 11.0.